The van der Waals surface area contributed by atoms with Gasteiger partial charge >= 0.3 is 5.97 Å². The van der Waals surface area contributed by atoms with E-state index in [1.165, 1.54) is 25.6 Å². The molecule has 0 saturated heterocycles. The summed E-state index contributed by atoms with van der Waals surface area (Å²) in [5.74, 6) is 0.0931. The summed E-state index contributed by atoms with van der Waals surface area (Å²) in [6.45, 7) is 6.16. The van der Waals surface area contributed by atoms with Crippen molar-refractivity contribution in [1.29, 1.82) is 0 Å². The van der Waals surface area contributed by atoms with Crippen molar-refractivity contribution < 1.29 is 24.1 Å². The Morgan fingerprint density at radius 2 is 1.69 bits per heavy atom. The van der Waals surface area contributed by atoms with Crippen LogP contribution in [0.4, 0.5) is 0 Å². The molecule has 42 heavy (non-hydrogen) atoms. The highest BCUT2D eigenvalue weighted by Gasteiger charge is 2.35. The summed E-state index contributed by atoms with van der Waals surface area (Å²) in [7, 11) is 2.89. The van der Waals surface area contributed by atoms with Crippen LogP contribution in [-0.2, 0) is 9.53 Å². The van der Waals surface area contributed by atoms with Crippen molar-refractivity contribution in [2.24, 2.45) is 4.99 Å². The van der Waals surface area contributed by atoms with E-state index >= 15 is 0 Å². The number of carbonyl (C=O) groups excluding carboxylic acids is 1. The lowest BCUT2D eigenvalue weighted by Gasteiger charge is -2.26. The number of nitrogens with zero attached hydrogens (tertiary/aromatic N) is 2. The molecule has 9 heteroatoms. The van der Waals surface area contributed by atoms with E-state index in [1.807, 2.05) is 54.6 Å². The fraction of sp³-hybridized carbons (Fsp3) is 0.242. The van der Waals surface area contributed by atoms with Gasteiger partial charge in [-0.05, 0) is 47.7 Å². The molecule has 0 amide bonds. The number of phenolic OH excluding ortho intramolecular Hbond substituents is 1. The Labute approximate surface area is 247 Å². The maximum Gasteiger partial charge on any atom is 0.338 e. The van der Waals surface area contributed by atoms with Crippen molar-refractivity contribution in [3.63, 3.8) is 0 Å². The number of hydrogen-bond acceptors (Lipinski definition) is 8. The first kappa shape index (κ1) is 28.9. The number of rotatable bonds is 8. The average Bonchev–Trinajstić information content (AvgIpc) is 3.31. The van der Waals surface area contributed by atoms with Crippen LogP contribution in [0.25, 0.3) is 11.8 Å². The monoisotopic (exact) mass is 584 g/mol. The number of ether oxygens (including phenoxy) is 3. The van der Waals surface area contributed by atoms with E-state index < -0.39 is 12.0 Å². The summed E-state index contributed by atoms with van der Waals surface area (Å²) in [4.78, 5) is 33.1. The fourth-order valence-electron chi connectivity index (χ4n) is 4.97. The summed E-state index contributed by atoms with van der Waals surface area (Å²) in [6, 6.07) is 19.9. The number of esters is 1. The highest BCUT2D eigenvalue weighted by Crippen LogP contribution is 2.38. The Bertz CT molecular complexity index is 1810. The third-order valence-corrected chi connectivity index (χ3v) is 8.08. The molecule has 1 aromatic heterocycles. The van der Waals surface area contributed by atoms with Gasteiger partial charge in [-0.1, -0.05) is 79.8 Å². The summed E-state index contributed by atoms with van der Waals surface area (Å²) in [5.41, 5.74) is 3.71. The van der Waals surface area contributed by atoms with Gasteiger partial charge in [0.25, 0.3) is 5.56 Å². The predicted octanol–water partition coefficient (Wildman–Crippen LogP) is 4.78. The van der Waals surface area contributed by atoms with Crippen LogP contribution in [-0.4, -0.2) is 36.5 Å². The molecule has 2 heterocycles. The maximum atomic E-state index is 14.1. The van der Waals surface area contributed by atoms with Crippen LogP contribution in [0, 0.1) is 0 Å². The lowest BCUT2D eigenvalue weighted by Crippen LogP contribution is -2.40. The number of thiazole rings is 1. The van der Waals surface area contributed by atoms with Crippen molar-refractivity contribution >= 4 is 29.1 Å². The quantitative estimate of drug-likeness (QED) is 0.299. The van der Waals surface area contributed by atoms with Gasteiger partial charge in [0, 0.05) is 5.56 Å². The van der Waals surface area contributed by atoms with Gasteiger partial charge in [0.1, 0.15) is 0 Å². The van der Waals surface area contributed by atoms with E-state index in [2.05, 4.69) is 13.8 Å². The van der Waals surface area contributed by atoms with Crippen LogP contribution in [0.2, 0.25) is 0 Å². The minimum Gasteiger partial charge on any atom is -0.502 e. The molecule has 216 valence electrons. The van der Waals surface area contributed by atoms with Crippen LogP contribution in [0.5, 0.6) is 17.2 Å². The minimum atomic E-state index is -0.761. The van der Waals surface area contributed by atoms with Gasteiger partial charge < -0.3 is 19.3 Å². The third-order valence-electron chi connectivity index (χ3n) is 7.09. The molecule has 0 saturated carbocycles. The fourth-order valence-corrected chi connectivity index (χ4v) is 5.97. The van der Waals surface area contributed by atoms with Crippen LogP contribution in [0.15, 0.2) is 82.1 Å². The SMILES string of the molecule is CCOC(=O)C1=C(c2ccccc2)N=c2s/c(=C/c3cc(OC)c(O)c(OC)c3)c(=O)n2[C@@H]1c1ccc(C(C)C)cc1. The van der Waals surface area contributed by atoms with Crippen LogP contribution in [0.1, 0.15) is 55.0 Å². The molecule has 4 aromatic rings. The third kappa shape index (κ3) is 5.35. The minimum absolute atomic E-state index is 0.130. The molecule has 1 N–H and O–H groups in total. The Kier molecular flexibility index (Phi) is 8.31. The highest BCUT2D eigenvalue weighted by atomic mass is 32.1. The van der Waals surface area contributed by atoms with Crippen molar-refractivity contribution in [2.45, 2.75) is 32.7 Å². The number of phenols is 1. The molecule has 0 radical (unpaired) electrons. The highest BCUT2D eigenvalue weighted by molar-refractivity contribution is 7.07. The molecule has 0 aliphatic carbocycles. The van der Waals surface area contributed by atoms with E-state index in [4.69, 9.17) is 19.2 Å². The summed E-state index contributed by atoms with van der Waals surface area (Å²) < 4.78 is 18.1. The first-order valence-electron chi connectivity index (χ1n) is 13.6. The molecular formula is C33H32N2O6S. The van der Waals surface area contributed by atoms with Crippen LogP contribution in [0.3, 0.4) is 0 Å². The van der Waals surface area contributed by atoms with Gasteiger partial charge in [0.05, 0.1) is 42.7 Å². The van der Waals surface area contributed by atoms with Gasteiger partial charge in [-0.3, -0.25) is 9.36 Å². The average molecular weight is 585 g/mol. The van der Waals surface area contributed by atoms with Gasteiger partial charge in [0.2, 0.25) is 5.75 Å². The van der Waals surface area contributed by atoms with E-state index in [1.54, 1.807) is 29.7 Å². The molecule has 1 atom stereocenters. The van der Waals surface area contributed by atoms with Crippen molar-refractivity contribution in [2.75, 3.05) is 20.8 Å². The lowest BCUT2D eigenvalue weighted by atomic mass is 9.91. The predicted molar refractivity (Wildman–Crippen MR) is 163 cm³/mol. The zero-order valence-electron chi connectivity index (χ0n) is 24.1. The van der Waals surface area contributed by atoms with Crippen LogP contribution < -0.4 is 24.4 Å². The molecule has 1 aliphatic rings. The van der Waals surface area contributed by atoms with Gasteiger partial charge in [-0.25, -0.2) is 9.79 Å². The van der Waals surface area contributed by atoms with E-state index in [-0.39, 0.29) is 29.4 Å². The second-order valence-corrected chi connectivity index (χ2v) is 11.0. The number of fused-ring (bicyclic) bond motifs is 1. The second kappa shape index (κ2) is 12.1. The molecule has 3 aromatic carbocycles. The number of aromatic hydroxyl groups is 1. The lowest BCUT2D eigenvalue weighted by molar-refractivity contribution is -0.138. The van der Waals surface area contributed by atoms with Gasteiger partial charge in [-0.2, -0.15) is 0 Å². The molecule has 0 unspecified atom stereocenters. The Morgan fingerprint density at radius 3 is 2.26 bits per heavy atom. The summed E-state index contributed by atoms with van der Waals surface area (Å²) in [5, 5.41) is 10.4. The van der Waals surface area contributed by atoms with Crippen molar-refractivity contribution in [3.05, 3.63) is 114 Å². The normalized spacial score (nSPS) is 14.9. The first-order valence-corrected chi connectivity index (χ1v) is 14.4. The number of benzene rings is 3. The maximum absolute atomic E-state index is 14.1. The first-order chi connectivity index (χ1) is 20.3. The zero-order chi connectivity index (χ0) is 30.0. The van der Waals surface area contributed by atoms with Gasteiger partial charge in [-0.15, -0.1) is 0 Å². The Hall–Kier alpha value is -4.63. The molecule has 8 nitrogen and oxygen atoms in total. The standard InChI is InChI=1S/C33H32N2O6S/c1-6-41-32(38)27-28(22-10-8-7-9-11-22)34-33-35(29(27)23-14-12-21(13-15-23)19(2)3)31(37)26(42-33)18-20-16-24(39-4)30(36)25(17-20)40-5/h7-19,29,36H,6H2,1-5H3/b26-18+/t29-/m1/s1. The smallest absolute Gasteiger partial charge is 0.338 e. The van der Waals surface area contributed by atoms with Crippen molar-refractivity contribution in [3.8, 4) is 17.2 Å². The second-order valence-electron chi connectivity index (χ2n) is 10.0. The summed E-state index contributed by atoms with van der Waals surface area (Å²) >= 11 is 1.22. The molecule has 5 rings (SSSR count). The molecular weight excluding hydrogens is 552 g/mol. The number of aromatic nitrogens is 1. The summed E-state index contributed by atoms with van der Waals surface area (Å²) in [6.07, 6.45) is 1.70. The van der Waals surface area contributed by atoms with E-state index in [9.17, 15) is 14.7 Å². The largest absolute Gasteiger partial charge is 0.502 e. The van der Waals surface area contributed by atoms with E-state index in [0.29, 0.717) is 32.1 Å². The molecule has 0 fully saturated rings. The number of hydrogen-bond donors (Lipinski definition) is 1. The van der Waals surface area contributed by atoms with Crippen LogP contribution >= 0.6 is 11.3 Å². The number of carbonyl (C=O) groups is 1. The molecule has 0 spiro atoms. The number of methoxy groups -OCH3 is 2. The Balaban J connectivity index is 1.81. The Morgan fingerprint density at radius 1 is 1.05 bits per heavy atom. The molecule has 0 bridgehead atoms. The topological polar surface area (TPSA) is 99.4 Å². The molecule has 1 aliphatic heterocycles. The van der Waals surface area contributed by atoms with Crippen molar-refractivity contribution in [1.82, 2.24) is 4.57 Å². The van der Waals surface area contributed by atoms with E-state index in [0.717, 1.165) is 16.7 Å². The van der Waals surface area contributed by atoms with Gasteiger partial charge in [0.15, 0.2) is 16.3 Å². The zero-order valence-corrected chi connectivity index (χ0v) is 24.9.